The molecule has 0 aliphatic heterocycles. The lowest BCUT2D eigenvalue weighted by molar-refractivity contribution is 0.119. The largest absolute Gasteiger partial charge is 0.314 e. The molecule has 1 fully saturated rings. The first-order valence-corrected chi connectivity index (χ1v) is 7.81. The molecule has 1 saturated carbocycles. The van der Waals surface area contributed by atoms with Gasteiger partial charge in [0.2, 0.25) is 0 Å². The molecule has 0 amide bonds. The van der Waals surface area contributed by atoms with Crippen molar-refractivity contribution >= 4 is 0 Å². The lowest BCUT2D eigenvalue weighted by atomic mass is 9.68. The molecule has 0 heterocycles. The molecule has 1 nitrogen and oxygen atoms in total. The Labute approximate surface area is 109 Å². The van der Waals surface area contributed by atoms with E-state index >= 15 is 0 Å². The van der Waals surface area contributed by atoms with Crippen molar-refractivity contribution in [2.45, 2.75) is 72.8 Å². The predicted octanol–water partition coefficient (Wildman–Crippen LogP) is 4.47. The van der Waals surface area contributed by atoms with Crippen molar-refractivity contribution in [2.75, 3.05) is 6.54 Å². The van der Waals surface area contributed by atoms with Gasteiger partial charge in [0.25, 0.3) is 0 Å². The van der Waals surface area contributed by atoms with Gasteiger partial charge in [0.15, 0.2) is 0 Å². The normalized spacial score (nSPS) is 31.8. The van der Waals surface area contributed by atoms with Crippen LogP contribution in [0.1, 0.15) is 66.7 Å². The van der Waals surface area contributed by atoms with Crippen LogP contribution in [0.4, 0.5) is 0 Å². The average molecular weight is 239 g/mol. The van der Waals surface area contributed by atoms with Gasteiger partial charge in [-0.1, -0.05) is 53.9 Å². The Kier molecular flexibility index (Phi) is 6.54. The third-order valence-electron chi connectivity index (χ3n) is 4.90. The summed E-state index contributed by atoms with van der Waals surface area (Å²) in [6.45, 7) is 12.9. The van der Waals surface area contributed by atoms with Gasteiger partial charge in [-0.15, -0.1) is 0 Å². The fourth-order valence-electron chi connectivity index (χ4n) is 3.37. The van der Waals surface area contributed by atoms with Crippen LogP contribution in [0.5, 0.6) is 0 Å². The minimum atomic E-state index is 0.636. The summed E-state index contributed by atoms with van der Waals surface area (Å²) >= 11 is 0. The molecule has 1 N–H and O–H groups in total. The van der Waals surface area contributed by atoms with Crippen molar-refractivity contribution in [3.05, 3.63) is 0 Å². The molecule has 17 heavy (non-hydrogen) atoms. The SMILES string of the molecule is CCC1CCC(CNC(C)C)C(C(C)CC)C1. The Balaban J connectivity index is 2.53. The van der Waals surface area contributed by atoms with Crippen LogP contribution in [0.2, 0.25) is 0 Å². The van der Waals surface area contributed by atoms with E-state index < -0.39 is 0 Å². The van der Waals surface area contributed by atoms with Crippen molar-refractivity contribution in [1.29, 1.82) is 0 Å². The summed E-state index contributed by atoms with van der Waals surface area (Å²) in [6, 6.07) is 0.636. The van der Waals surface area contributed by atoms with Crippen LogP contribution in [0.3, 0.4) is 0 Å². The molecule has 1 aliphatic rings. The molecule has 0 aromatic rings. The van der Waals surface area contributed by atoms with Crippen LogP contribution in [0.15, 0.2) is 0 Å². The molecule has 0 saturated heterocycles. The van der Waals surface area contributed by atoms with Crippen LogP contribution in [-0.4, -0.2) is 12.6 Å². The maximum absolute atomic E-state index is 3.66. The zero-order valence-electron chi connectivity index (χ0n) is 12.6. The highest BCUT2D eigenvalue weighted by molar-refractivity contribution is 4.84. The molecule has 102 valence electrons. The van der Waals surface area contributed by atoms with Crippen molar-refractivity contribution < 1.29 is 0 Å². The summed E-state index contributed by atoms with van der Waals surface area (Å²) in [7, 11) is 0. The van der Waals surface area contributed by atoms with E-state index in [1.165, 1.54) is 38.6 Å². The number of hydrogen-bond donors (Lipinski definition) is 1. The van der Waals surface area contributed by atoms with Gasteiger partial charge in [-0.2, -0.15) is 0 Å². The summed E-state index contributed by atoms with van der Waals surface area (Å²) in [4.78, 5) is 0. The molecule has 4 unspecified atom stereocenters. The highest BCUT2D eigenvalue weighted by Crippen LogP contribution is 2.40. The topological polar surface area (TPSA) is 12.0 Å². The number of hydrogen-bond acceptors (Lipinski definition) is 1. The molecule has 0 aromatic carbocycles. The summed E-state index contributed by atoms with van der Waals surface area (Å²) in [5.74, 6) is 3.80. The first-order chi connectivity index (χ1) is 8.08. The first-order valence-electron chi connectivity index (χ1n) is 7.81. The fourth-order valence-corrected chi connectivity index (χ4v) is 3.37. The summed E-state index contributed by atoms with van der Waals surface area (Å²) < 4.78 is 0. The predicted molar refractivity (Wildman–Crippen MR) is 77.2 cm³/mol. The highest BCUT2D eigenvalue weighted by Gasteiger charge is 2.32. The van der Waals surface area contributed by atoms with Crippen LogP contribution >= 0.6 is 0 Å². The minimum Gasteiger partial charge on any atom is -0.314 e. The van der Waals surface area contributed by atoms with Crippen LogP contribution in [-0.2, 0) is 0 Å². The van der Waals surface area contributed by atoms with E-state index in [2.05, 4.69) is 39.9 Å². The molecule has 0 radical (unpaired) electrons. The first kappa shape index (κ1) is 15.0. The van der Waals surface area contributed by atoms with E-state index in [0.29, 0.717) is 6.04 Å². The zero-order chi connectivity index (χ0) is 12.8. The van der Waals surface area contributed by atoms with E-state index in [1.807, 2.05) is 0 Å². The van der Waals surface area contributed by atoms with E-state index in [1.54, 1.807) is 0 Å². The second-order valence-corrected chi connectivity index (χ2v) is 6.46. The maximum Gasteiger partial charge on any atom is 0.00104 e. The quantitative estimate of drug-likeness (QED) is 0.721. The molecule has 1 heteroatoms. The molecule has 4 atom stereocenters. The van der Waals surface area contributed by atoms with Crippen LogP contribution in [0.25, 0.3) is 0 Å². The molecule has 0 bridgehead atoms. The van der Waals surface area contributed by atoms with E-state index in [4.69, 9.17) is 0 Å². The summed E-state index contributed by atoms with van der Waals surface area (Å²) in [5, 5.41) is 3.66. The van der Waals surface area contributed by atoms with Crippen molar-refractivity contribution in [3.63, 3.8) is 0 Å². The molecule has 1 aliphatic carbocycles. The molecule has 0 spiro atoms. The highest BCUT2D eigenvalue weighted by atomic mass is 14.9. The second kappa shape index (κ2) is 7.41. The van der Waals surface area contributed by atoms with Gasteiger partial charge in [-0.05, 0) is 43.1 Å². The molecular formula is C16H33N. The van der Waals surface area contributed by atoms with Gasteiger partial charge < -0.3 is 5.32 Å². The standard InChI is InChI=1S/C16H33N/c1-6-13(5)16-10-14(7-2)8-9-15(16)11-17-12(3)4/h12-17H,6-11H2,1-5H3. The Morgan fingerprint density at radius 2 is 1.82 bits per heavy atom. The second-order valence-electron chi connectivity index (χ2n) is 6.46. The lowest BCUT2D eigenvalue weighted by Gasteiger charge is -2.39. The Hall–Kier alpha value is -0.0400. The van der Waals surface area contributed by atoms with E-state index in [9.17, 15) is 0 Å². The van der Waals surface area contributed by atoms with Crippen molar-refractivity contribution in [2.24, 2.45) is 23.7 Å². The van der Waals surface area contributed by atoms with Gasteiger partial charge in [-0.25, -0.2) is 0 Å². The number of nitrogens with one attached hydrogen (secondary N) is 1. The third kappa shape index (κ3) is 4.62. The van der Waals surface area contributed by atoms with Gasteiger partial charge in [0.05, 0.1) is 0 Å². The maximum atomic E-state index is 3.66. The summed E-state index contributed by atoms with van der Waals surface area (Å²) in [6.07, 6.45) is 7.13. The minimum absolute atomic E-state index is 0.636. The van der Waals surface area contributed by atoms with Crippen LogP contribution < -0.4 is 5.32 Å². The lowest BCUT2D eigenvalue weighted by Crippen LogP contribution is -2.38. The third-order valence-corrected chi connectivity index (χ3v) is 4.90. The van der Waals surface area contributed by atoms with Gasteiger partial charge >= 0.3 is 0 Å². The van der Waals surface area contributed by atoms with Crippen molar-refractivity contribution in [3.8, 4) is 0 Å². The van der Waals surface area contributed by atoms with E-state index in [0.717, 1.165) is 23.7 Å². The van der Waals surface area contributed by atoms with Gasteiger partial charge in [0, 0.05) is 6.04 Å². The van der Waals surface area contributed by atoms with Crippen LogP contribution in [0, 0.1) is 23.7 Å². The fraction of sp³-hybridized carbons (Fsp3) is 1.00. The molecular weight excluding hydrogens is 206 g/mol. The van der Waals surface area contributed by atoms with Gasteiger partial charge in [0.1, 0.15) is 0 Å². The van der Waals surface area contributed by atoms with Gasteiger partial charge in [-0.3, -0.25) is 0 Å². The van der Waals surface area contributed by atoms with Crippen molar-refractivity contribution in [1.82, 2.24) is 5.32 Å². The average Bonchev–Trinajstić information content (AvgIpc) is 2.35. The van der Waals surface area contributed by atoms with E-state index in [-0.39, 0.29) is 0 Å². The zero-order valence-corrected chi connectivity index (χ0v) is 12.6. The monoisotopic (exact) mass is 239 g/mol. The Morgan fingerprint density at radius 3 is 2.35 bits per heavy atom. The molecule has 0 aromatic heterocycles. The number of rotatable bonds is 6. The molecule has 1 rings (SSSR count). The Morgan fingerprint density at radius 1 is 1.12 bits per heavy atom. The smallest absolute Gasteiger partial charge is 0.00104 e. The Bertz CT molecular complexity index is 200. The summed E-state index contributed by atoms with van der Waals surface area (Å²) in [5.41, 5.74) is 0.